The van der Waals surface area contributed by atoms with Crippen LogP contribution in [0, 0.1) is 0 Å². The van der Waals surface area contributed by atoms with E-state index in [1.54, 1.807) is 50.7 Å². The molecule has 1 aromatic carbocycles. The Kier molecular flexibility index (Phi) is 4.07. The largest absolute Gasteiger partial charge is 0.508 e. The molecule has 0 saturated heterocycles. The molecule has 1 aromatic heterocycles. The molecule has 0 aliphatic carbocycles. The van der Waals surface area contributed by atoms with Gasteiger partial charge in [0.15, 0.2) is 11.5 Å². The van der Waals surface area contributed by atoms with Crippen LogP contribution in [0.4, 0.5) is 0 Å². The average molecular weight is 261 g/mol. The van der Waals surface area contributed by atoms with E-state index in [1.165, 1.54) is 0 Å². The average Bonchev–Trinajstić information content (AvgIpc) is 2.46. The standard InChI is InChI=1S/C14H15NO4/c1-17-13-7-8-15-12(14(13)18-2)9-19-11-5-3-10(16)4-6-11/h3-8,16H,9H2,1-2H3. The summed E-state index contributed by atoms with van der Waals surface area (Å²) in [6.07, 6.45) is 1.64. The van der Waals surface area contributed by atoms with Gasteiger partial charge in [-0.3, -0.25) is 4.98 Å². The van der Waals surface area contributed by atoms with Crippen molar-refractivity contribution in [1.82, 2.24) is 4.98 Å². The fraction of sp³-hybridized carbons (Fsp3) is 0.214. The van der Waals surface area contributed by atoms with Gasteiger partial charge in [-0.1, -0.05) is 0 Å². The second-order valence-corrected chi connectivity index (χ2v) is 3.78. The zero-order valence-electron chi connectivity index (χ0n) is 10.8. The molecule has 5 nitrogen and oxygen atoms in total. The highest BCUT2D eigenvalue weighted by Gasteiger charge is 2.11. The lowest BCUT2D eigenvalue weighted by molar-refractivity contribution is 0.284. The highest BCUT2D eigenvalue weighted by molar-refractivity contribution is 5.42. The number of phenolic OH excluding ortho intramolecular Hbond substituents is 1. The summed E-state index contributed by atoms with van der Waals surface area (Å²) in [5, 5.41) is 9.19. The van der Waals surface area contributed by atoms with Crippen molar-refractivity contribution in [3.8, 4) is 23.0 Å². The number of hydrogen-bond acceptors (Lipinski definition) is 5. The molecule has 0 bridgehead atoms. The third kappa shape index (κ3) is 3.07. The van der Waals surface area contributed by atoms with Crippen molar-refractivity contribution in [3.05, 3.63) is 42.2 Å². The molecule has 0 unspecified atom stereocenters. The number of benzene rings is 1. The minimum Gasteiger partial charge on any atom is -0.508 e. The minimum atomic E-state index is 0.199. The molecule has 0 fully saturated rings. The van der Waals surface area contributed by atoms with Crippen molar-refractivity contribution in [2.45, 2.75) is 6.61 Å². The normalized spacial score (nSPS) is 10.0. The summed E-state index contributed by atoms with van der Waals surface area (Å²) in [5.74, 6) is 2.01. The van der Waals surface area contributed by atoms with Crippen molar-refractivity contribution < 1.29 is 19.3 Å². The van der Waals surface area contributed by atoms with Crippen molar-refractivity contribution >= 4 is 0 Å². The summed E-state index contributed by atoms with van der Waals surface area (Å²) < 4.78 is 16.0. The fourth-order valence-electron chi connectivity index (χ4n) is 1.65. The zero-order valence-corrected chi connectivity index (χ0v) is 10.8. The van der Waals surface area contributed by atoms with Gasteiger partial charge in [0.05, 0.1) is 14.2 Å². The third-order valence-electron chi connectivity index (χ3n) is 2.58. The summed E-state index contributed by atoms with van der Waals surface area (Å²) in [6.45, 7) is 0.255. The van der Waals surface area contributed by atoms with Crippen LogP contribution < -0.4 is 14.2 Å². The number of pyridine rings is 1. The number of phenols is 1. The number of nitrogens with zero attached hydrogens (tertiary/aromatic N) is 1. The Morgan fingerprint density at radius 1 is 1.05 bits per heavy atom. The molecule has 19 heavy (non-hydrogen) atoms. The van der Waals surface area contributed by atoms with Crippen molar-refractivity contribution in [2.24, 2.45) is 0 Å². The predicted octanol–water partition coefficient (Wildman–Crippen LogP) is 2.38. The first-order chi connectivity index (χ1) is 9.24. The van der Waals surface area contributed by atoms with Crippen LogP contribution in [-0.2, 0) is 6.61 Å². The summed E-state index contributed by atoms with van der Waals surface area (Å²) in [5.41, 5.74) is 0.648. The lowest BCUT2D eigenvalue weighted by atomic mass is 10.3. The van der Waals surface area contributed by atoms with Gasteiger partial charge < -0.3 is 19.3 Å². The van der Waals surface area contributed by atoms with Crippen LogP contribution in [0.25, 0.3) is 0 Å². The molecule has 2 aromatic rings. The van der Waals surface area contributed by atoms with Gasteiger partial charge in [-0.15, -0.1) is 0 Å². The Hall–Kier alpha value is -2.43. The van der Waals surface area contributed by atoms with Gasteiger partial charge in [-0.25, -0.2) is 0 Å². The SMILES string of the molecule is COc1ccnc(COc2ccc(O)cc2)c1OC. The first-order valence-electron chi connectivity index (χ1n) is 5.72. The summed E-state index contributed by atoms with van der Waals surface area (Å²) in [6, 6.07) is 8.21. The number of ether oxygens (including phenoxy) is 3. The van der Waals surface area contributed by atoms with Crippen LogP contribution in [0.5, 0.6) is 23.0 Å². The van der Waals surface area contributed by atoms with E-state index in [4.69, 9.17) is 14.2 Å². The molecule has 2 rings (SSSR count). The van der Waals surface area contributed by atoms with Crippen LogP contribution in [0.15, 0.2) is 36.5 Å². The molecule has 5 heteroatoms. The van der Waals surface area contributed by atoms with E-state index in [2.05, 4.69) is 4.98 Å². The van der Waals surface area contributed by atoms with Crippen LogP contribution in [0.1, 0.15) is 5.69 Å². The maximum Gasteiger partial charge on any atom is 0.185 e. The Balaban J connectivity index is 2.13. The molecular weight excluding hydrogens is 246 g/mol. The predicted molar refractivity (Wildman–Crippen MR) is 69.8 cm³/mol. The van der Waals surface area contributed by atoms with E-state index < -0.39 is 0 Å². The van der Waals surface area contributed by atoms with E-state index in [0.29, 0.717) is 22.9 Å². The quantitative estimate of drug-likeness (QED) is 0.895. The van der Waals surface area contributed by atoms with Crippen LogP contribution in [-0.4, -0.2) is 24.3 Å². The smallest absolute Gasteiger partial charge is 0.185 e. The maximum absolute atomic E-state index is 9.19. The molecule has 1 N–H and O–H groups in total. The van der Waals surface area contributed by atoms with Gasteiger partial charge in [0.1, 0.15) is 23.8 Å². The van der Waals surface area contributed by atoms with Crippen molar-refractivity contribution in [1.29, 1.82) is 0 Å². The summed E-state index contributed by atoms with van der Waals surface area (Å²) >= 11 is 0. The Morgan fingerprint density at radius 3 is 2.42 bits per heavy atom. The van der Waals surface area contributed by atoms with E-state index >= 15 is 0 Å². The van der Waals surface area contributed by atoms with E-state index in [0.717, 1.165) is 0 Å². The molecule has 0 spiro atoms. The van der Waals surface area contributed by atoms with E-state index in [9.17, 15) is 5.11 Å². The fourth-order valence-corrected chi connectivity index (χ4v) is 1.65. The molecule has 0 aliphatic heterocycles. The van der Waals surface area contributed by atoms with Crippen molar-refractivity contribution in [3.63, 3.8) is 0 Å². The second kappa shape index (κ2) is 5.95. The third-order valence-corrected chi connectivity index (χ3v) is 2.58. The molecular formula is C14H15NO4. The lowest BCUT2D eigenvalue weighted by Gasteiger charge is -2.12. The maximum atomic E-state index is 9.19. The number of methoxy groups -OCH3 is 2. The van der Waals surface area contributed by atoms with Gasteiger partial charge >= 0.3 is 0 Å². The molecule has 0 amide bonds. The highest BCUT2D eigenvalue weighted by Crippen LogP contribution is 2.29. The number of aromatic nitrogens is 1. The first kappa shape index (κ1) is 13.0. The lowest BCUT2D eigenvalue weighted by Crippen LogP contribution is -2.03. The molecule has 0 radical (unpaired) electrons. The van der Waals surface area contributed by atoms with Crippen molar-refractivity contribution in [2.75, 3.05) is 14.2 Å². The number of hydrogen-bond donors (Lipinski definition) is 1. The molecule has 100 valence electrons. The van der Waals surface area contributed by atoms with Gasteiger partial charge in [-0.05, 0) is 24.3 Å². The van der Waals surface area contributed by atoms with Gasteiger partial charge in [0, 0.05) is 12.3 Å². The molecule has 0 atom stereocenters. The zero-order chi connectivity index (χ0) is 13.7. The highest BCUT2D eigenvalue weighted by atomic mass is 16.5. The van der Waals surface area contributed by atoms with Gasteiger partial charge in [-0.2, -0.15) is 0 Å². The van der Waals surface area contributed by atoms with Crippen LogP contribution >= 0.6 is 0 Å². The second-order valence-electron chi connectivity index (χ2n) is 3.78. The Labute approximate surface area is 111 Å². The molecule has 1 heterocycles. The van der Waals surface area contributed by atoms with Gasteiger partial charge in [0.2, 0.25) is 0 Å². The Bertz CT molecular complexity index is 540. The van der Waals surface area contributed by atoms with E-state index in [-0.39, 0.29) is 12.4 Å². The first-order valence-corrected chi connectivity index (χ1v) is 5.72. The van der Waals surface area contributed by atoms with E-state index in [1.807, 2.05) is 0 Å². The molecule has 0 aliphatic rings. The summed E-state index contributed by atoms with van der Waals surface area (Å²) in [7, 11) is 3.13. The van der Waals surface area contributed by atoms with Crippen LogP contribution in [0.3, 0.4) is 0 Å². The van der Waals surface area contributed by atoms with Crippen LogP contribution in [0.2, 0.25) is 0 Å². The Morgan fingerprint density at radius 2 is 1.79 bits per heavy atom. The number of aromatic hydroxyl groups is 1. The monoisotopic (exact) mass is 261 g/mol. The minimum absolute atomic E-state index is 0.199. The molecule has 0 saturated carbocycles. The summed E-state index contributed by atoms with van der Waals surface area (Å²) in [4.78, 5) is 4.21. The number of rotatable bonds is 5. The topological polar surface area (TPSA) is 60.8 Å². The van der Waals surface area contributed by atoms with Gasteiger partial charge in [0.25, 0.3) is 0 Å².